The third kappa shape index (κ3) is 4.51. The summed E-state index contributed by atoms with van der Waals surface area (Å²) in [5, 5.41) is 3.29. The fraction of sp³-hybridized carbons (Fsp3) is 0.250. The fourth-order valence-corrected chi connectivity index (χ4v) is 2.23. The molecule has 0 radical (unpaired) electrons. The van der Waals surface area contributed by atoms with E-state index in [-0.39, 0.29) is 5.75 Å². The Kier molecular flexibility index (Phi) is 5.70. The van der Waals surface area contributed by atoms with E-state index in [2.05, 4.69) is 28.2 Å². The van der Waals surface area contributed by atoms with Crippen molar-refractivity contribution >= 4 is 15.9 Å². The van der Waals surface area contributed by atoms with Gasteiger partial charge in [-0.1, -0.05) is 35.0 Å². The summed E-state index contributed by atoms with van der Waals surface area (Å²) < 4.78 is 32.7. The second kappa shape index (κ2) is 7.52. The van der Waals surface area contributed by atoms with E-state index in [9.17, 15) is 8.78 Å². The van der Waals surface area contributed by atoms with E-state index in [1.165, 1.54) is 6.07 Å². The number of ether oxygens (including phenoxy) is 1. The van der Waals surface area contributed by atoms with E-state index in [4.69, 9.17) is 4.74 Å². The van der Waals surface area contributed by atoms with Crippen LogP contribution in [0.1, 0.15) is 18.9 Å². The minimum absolute atomic E-state index is 0.140. The summed E-state index contributed by atoms with van der Waals surface area (Å²) in [7, 11) is 0. The van der Waals surface area contributed by atoms with Crippen molar-refractivity contribution in [3.05, 3.63) is 58.1 Å². The summed E-state index contributed by atoms with van der Waals surface area (Å²) in [4.78, 5) is 0. The second-order valence-electron chi connectivity index (χ2n) is 4.62. The molecule has 0 aliphatic rings. The second-order valence-corrected chi connectivity index (χ2v) is 5.54. The van der Waals surface area contributed by atoms with E-state index < -0.39 is 11.6 Å². The normalized spacial score (nSPS) is 10.7. The average molecular weight is 356 g/mol. The van der Waals surface area contributed by atoms with Crippen LogP contribution in [0.4, 0.5) is 8.78 Å². The van der Waals surface area contributed by atoms with Gasteiger partial charge in [-0.3, -0.25) is 0 Å². The number of nitrogens with one attached hydrogen (secondary N) is 1. The van der Waals surface area contributed by atoms with Crippen LogP contribution in [-0.4, -0.2) is 6.54 Å². The molecule has 0 aromatic heterocycles. The number of halogens is 3. The average Bonchev–Trinajstić information content (AvgIpc) is 2.46. The summed E-state index contributed by atoms with van der Waals surface area (Å²) >= 11 is 3.11. The molecule has 5 heteroatoms. The van der Waals surface area contributed by atoms with E-state index in [0.717, 1.165) is 31.1 Å². The molecule has 0 atom stereocenters. The van der Waals surface area contributed by atoms with Crippen LogP contribution in [0.2, 0.25) is 0 Å². The third-order valence-corrected chi connectivity index (χ3v) is 3.32. The Morgan fingerprint density at radius 1 is 1.14 bits per heavy atom. The van der Waals surface area contributed by atoms with Crippen LogP contribution in [-0.2, 0) is 6.54 Å². The Hall–Kier alpha value is -1.46. The molecule has 0 fully saturated rings. The van der Waals surface area contributed by atoms with Gasteiger partial charge in [0.15, 0.2) is 11.6 Å². The number of benzene rings is 2. The maximum Gasteiger partial charge on any atom is 0.201 e. The van der Waals surface area contributed by atoms with Gasteiger partial charge < -0.3 is 10.1 Å². The molecule has 2 rings (SSSR count). The van der Waals surface area contributed by atoms with Crippen LogP contribution in [0, 0.1) is 11.6 Å². The Labute approximate surface area is 131 Å². The van der Waals surface area contributed by atoms with Crippen LogP contribution < -0.4 is 10.1 Å². The minimum atomic E-state index is -0.994. The lowest BCUT2D eigenvalue weighted by Crippen LogP contribution is -2.13. The van der Waals surface area contributed by atoms with Gasteiger partial charge in [0.25, 0.3) is 0 Å². The lowest BCUT2D eigenvalue weighted by atomic mass is 10.2. The molecule has 2 aromatic carbocycles. The van der Waals surface area contributed by atoms with E-state index in [0.29, 0.717) is 10.2 Å². The van der Waals surface area contributed by atoms with E-state index in [1.54, 1.807) is 12.1 Å². The molecule has 112 valence electrons. The maximum atomic E-state index is 13.6. The predicted molar refractivity (Wildman–Crippen MR) is 82.6 cm³/mol. The first-order chi connectivity index (χ1) is 10.1. The van der Waals surface area contributed by atoms with Gasteiger partial charge in [-0.2, -0.15) is 4.39 Å². The van der Waals surface area contributed by atoms with Crippen molar-refractivity contribution in [3.8, 4) is 11.5 Å². The molecule has 0 heterocycles. The molecule has 0 unspecified atom stereocenters. The van der Waals surface area contributed by atoms with Gasteiger partial charge in [0.05, 0.1) is 0 Å². The van der Waals surface area contributed by atoms with Gasteiger partial charge in [0.1, 0.15) is 5.75 Å². The van der Waals surface area contributed by atoms with Crippen molar-refractivity contribution < 1.29 is 13.5 Å². The monoisotopic (exact) mass is 355 g/mol. The first-order valence-corrected chi connectivity index (χ1v) is 7.51. The highest BCUT2D eigenvalue weighted by atomic mass is 79.9. The van der Waals surface area contributed by atoms with Gasteiger partial charge in [-0.25, -0.2) is 4.39 Å². The van der Waals surface area contributed by atoms with Gasteiger partial charge in [-0.15, -0.1) is 0 Å². The molecular weight excluding hydrogens is 340 g/mol. The lowest BCUT2D eigenvalue weighted by Gasteiger charge is -2.09. The largest absolute Gasteiger partial charge is 0.454 e. The Morgan fingerprint density at radius 2 is 1.86 bits per heavy atom. The van der Waals surface area contributed by atoms with Crippen LogP contribution in [0.5, 0.6) is 11.5 Å². The standard InChI is InChI=1S/C16H16BrF2NO/c1-2-7-20-10-11-3-5-13(6-4-11)21-15-9-12(17)8-14(18)16(15)19/h3-6,8-9,20H,2,7,10H2,1H3. The SMILES string of the molecule is CCCNCc1ccc(Oc2cc(Br)cc(F)c2F)cc1. The minimum Gasteiger partial charge on any atom is -0.454 e. The highest BCUT2D eigenvalue weighted by Gasteiger charge is 2.12. The zero-order valence-electron chi connectivity index (χ0n) is 11.6. The molecule has 0 aliphatic heterocycles. The van der Waals surface area contributed by atoms with Gasteiger partial charge in [0.2, 0.25) is 5.82 Å². The molecule has 0 saturated carbocycles. The number of rotatable bonds is 6. The first-order valence-electron chi connectivity index (χ1n) is 6.72. The summed E-state index contributed by atoms with van der Waals surface area (Å²) in [6.07, 6.45) is 1.08. The first kappa shape index (κ1) is 15.9. The molecule has 1 N–H and O–H groups in total. The topological polar surface area (TPSA) is 21.3 Å². The number of hydrogen-bond donors (Lipinski definition) is 1. The summed E-state index contributed by atoms with van der Waals surface area (Å²) in [5.41, 5.74) is 1.11. The van der Waals surface area contributed by atoms with E-state index >= 15 is 0 Å². The highest BCUT2D eigenvalue weighted by molar-refractivity contribution is 9.10. The Bertz CT molecular complexity index is 602. The van der Waals surface area contributed by atoms with Gasteiger partial charge >= 0.3 is 0 Å². The molecule has 0 saturated heterocycles. The maximum absolute atomic E-state index is 13.6. The Morgan fingerprint density at radius 3 is 2.52 bits per heavy atom. The molecule has 0 amide bonds. The van der Waals surface area contributed by atoms with Crippen molar-refractivity contribution in [1.29, 1.82) is 0 Å². The van der Waals surface area contributed by atoms with Gasteiger partial charge in [-0.05, 0) is 42.8 Å². The van der Waals surface area contributed by atoms with Crippen molar-refractivity contribution in [2.75, 3.05) is 6.54 Å². The fourth-order valence-electron chi connectivity index (χ4n) is 1.82. The van der Waals surface area contributed by atoms with Crippen molar-refractivity contribution in [1.82, 2.24) is 5.32 Å². The third-order valence-electron chi connectivity index (χ3n) is 2.87. The molecule has 21 heavy (non-hydrogen) atoms. The molecular formula is C16H16BrF2NO. The van der Waals surface area contributed by atoms with Crippen molar-refractivity contribution in [2.24, 2.45) is 0 Å². The van der Waals surface area contributed by atoms with Crippen molar-refractivity contribution in [3.63, 3.8) is 0 Å². The van der Waals surface area contributed by atoms with Crippen LogP contribution in [0.25, 0.3) is 0 Å². The summed E-state index contributed by atoms with van der Waals surface area (Å²) in [5.74, 6) is -1.61. The molecule has 0 spiro atoms. The molecule has 2 nitrogen and oxygen atoms in total. The van der Waals surface area contributed by atoms with Crippen LogP contribution >= 0.6 is 15.9 Å². The van der Waals surface area contributed by atoms with Crippen LogP contribution in [0.15, 0.2) is 40.9 Å². The quantitative estimate of drug-likeness (QED) is 0.580. The predicted octanol–water partition coefficient (Wildman–Crippen LogP) is 5.02. The van der Waals surface area contributed by atoms with E-state index in [1.807, 2.05) is 12.1 Å². The zero-order valence-corrected chi connectivity index (χ0v) is 13.2. The smallest absolute Gasteiger partial charge is 0.201 e. The Balaban J connectivity index is 2.07. The zero-order chi connectivity index (χ0) is 15.2. The van der Waals surface area contributed by atoms with Gasteiger partial charge in [0, 0.05) is 11.0 Å². The lowest BCUT2D eigenvalue weighted by molar-refractivity contribution is 0.415. The summed E-state index contributed by atoms with van der Waals surface area (Å²) in [6, 6.07) is 9.72. The molecule has 0 bridgehead atoms. The molecule has 0 aliphatic carbocycles. The van der Waals surface area contributed by atoms with Crippen molar-refractivity contribution in [2.45, 2.75) is 19.9 Å². The molecule has 2 aromatic rings. The van der Waals surface area contributed by atoms with Crippen LogP contribution in [0.3, 0.4) is 0 Å². The summed E-state index contributed by atoms with van der Waals surface area (Å²) in [6.45, 7) is 3.84. The highest BCUT2D eigenvalue weighted by Crippen LogP contribution is 2.29. The number of hydrogen-bond acceptors (Lipinski definition) is 2.